The van der Waals surface area contributed by atoms with Crippen molar-refractivity contribution in [3.63, 3.8) is 0 Å². The molecule has 0 saturated carbocycles. The molecule has 1 aliphatic rings. The summed E-state index contributed by atoms with van der Waals surface area (Å²) in [6.07, 6.45) is -3.62. The maximum Gasteiger partial charge on any atom is 0.452 e. The van der Waals surface area contributed by atoms with Crippen LogP contribution in [0.3, 0.4) is 0 Å². The van der Waals surface area contributed by atoms with E-state index < -0.39 is 18.2 Å². The molecule has 2 atom stereocenters. The van der Waals surface area contributed by atoms with Gasteiger partial charge in [-0.15, -0.1) is 11.3 Å². The number of piperidine rings is 1. The summed E-state index contributed by atoms with van der Waals surface area (Å²) in [5, 5.41) is 23.4. The molecule has 9 heteroatoms. The molecule has 0 spiro atoms. The van der Waals surface area contributed by atoms with E-state index in [9.17, 15) is 23.4 Å². The Morgan fingerprint density at radius 1 is 1.44 bits per heavy atom. The Morgan fingerprint density at radius 3 is 2.84 bits per heavy atom. The predicted molar refractivity (Wildman–Crippen MR) is 85.9 cm³/mol. The van der Waals surface area contributed by atoms with Crippen LogP contribution >= 0.6 is 11.3 Å². The molecule has 1 saturated heterocycles. The smallest absolute Gasteiger partial charge is 0.396 e. The van der Waals surface area contributed by atoms with Crippen LogP contribution in [0.15, 0.2) is 16.7 Å². The normalized spacial score (nSPS) is 20.8. The van der Waals surface area contributed by atoms with Gasteiger partial charge in [0.1, 0.15) is 11.9 Å². The van der Waals surface area contributed by atoms with Gasteiger partial charge in [-0.1, -0.05) is 5.16 Å². The zero-order valence-corrected chi connectivity index (χ0v) is 14.4. The highest BCUT2D eigenvalue weighted by Crippen LogP contribution is 2.39. The lowest BCUT2D eigenvalue weighted by Crippen LogP contribution is -2.39. The van der Waals surface area contributed by atoms with Crippen LogP contribution in [0, 0.1) is 12.8 Å². The van der Waals surface area contributed by atoms with Gasteiger partial charge in [-0.2, -0.15) is 13.2 Å². The number of nitrogens with zero attached hydrogens (tertiary/aromatic N) is 2. The lowest BCUT2D eigenvalue weighted by Gasteiger charge is -2.34. The lowest BCUT2D eigenvalue weighted by molar-refractivity contribution is -0.156. The first-order chi connectivity index (χ1) is 11.8. The van der Waals surface area contributed by atoms with Crippen LogP contribution in [0.1, 0.15) is 35.3 Å². The molecule has 25 heavy (non-hydrogen) atoms. The first-order valence-corrected chi connectivity index (χ1v) is 8.79. The topological polar surface area (TPSA) is 69.7 Å². The van der Waals surface area contributed by atoms with Crippen molar-refractivity contribution < 1.29 is 27.9 Å². The van der Waals surface area contributed by atoms with E-state index in [1.54, 1.807) is 12.1 Å². The Bertz CT molecular complexity index is 729. The number of hydrogen-bond acceptors (Lipinski definition) is 6. The predicted octanol–water partition coefficient (Wildman–Crippen LogP) is 3.43. The van der Waals surface area contributed by atoms with E-state index in [-0.39, 0.29) is 23.8 Å². The highest BCUT2D eigenvalue weighted by molar-refractivity contribution is 7.15. The van der Waals surface area contributed by atoms with Crippen molar-refractivity contribution in [1.29, 1.82) is 0 Å². The van der Waals surface area contributed by atoms with Gasteiger partial charge in [0.25, 0.3) is 0 Å². The molecule has 2 aromatic heterocycles. The number of alkyl halides is 3. The fourth-order valence-electron chi connectivity index (χ4n) is 3.10. The zero-order valence-electron chi connectivity index (χ0n) is 13.6. The standard InChI is InChI=1S/C16H19F3N2O3S/c1-9-13(20-24-14(9)16(17,18)19)11-4-5-12(25-11)15(23)21-6-2-3-10(7-21)8-22/h4-5,10,15,22-23H,2-3,6-8H2,1H3/t10-,15?/m1/s1. The second-order valence-corrected chi connectivity index (χ2v) is 7.36. The van der Waals surface area contributed by atoms with Gasteiger partial charge < -0.3 is 14.7 Å². The van der Waals surface area contributed by atoms with Crippen LogP contribution in [-0.4, -0.2) is 40.0 Å². The molecule has 1 fully saturated rings. The Hall–Kier alpha value is -1.42. The number of hydrogen-bond donors (Lipinski definition) is 2. The van der Waals surface area contributed by atoms with Gasteiger partial charge in [-0.3, -0.25) is 4.90 Å². The molecule has 0 radical (unpaired) electrons. The van der Waals surface area contributed by atoms with Crippen molar-refractivity contribution in [2.75, 3.05) is 19.7 Å². The van der Waals surface area contributed by atoms with E-state index in [0.29, 0.717) is 22.8 Å². The Kier molecular flexibility index (Phi) is 5.19. The second-order valence-electron chi connectivity index (χ2n) is 6.24. The maximum atomic E-state index is 12.8. The van der Waals surface area contributed by atoms with Crippen LogP contribution < -0.4 is 0 Å². The first-order valence-electron chi connectivity index (χ1n) is 7.97. The van der Waals surface area contributed by atoms with Gasteiger partial charge in [-0.25, -0.2) is 0 Å². The molecule has 2 aromatic rings. The van der Waals surface area contributed by atoms with Crippen LogP contribution in [0.25, 0.3) is 10.6 Å². The molecular weight excluding hydrogens is 357 g/mol. The van der Waals surface area contributed by atoms with Crippen LogP contribution in [0.2, 0.25) is 0 Å². The highest BCUT2D eigenvalue weighted by Gasteiger charge is 2.39. The second kappa shape index (κ2) is 7.06. The third kappa shape index (κ3) is 3.74. The Labute approximate surface area is 146 Å². The molecule has 0 aromatic carbocycles. The van der Waals surface area contributed by atoms with Crippen LogP contribution in [-0.2, 0) is 6.18 Å². The summed E-state index contributed by atoms with van der Waals surface area (Å²) in [7, 11) is 0. The van der Waals surface area contributed by atoms with Crippen molar-refractivity contribution in [2.45, 2.75) is 32.2 Å². The van der Waals surface area contributed by atoms with E-state index in [0.717, 1.165) is 12.8 Å². The average Bonchev–Trinajstić information content (AvgIpc) is 3.20. The summed E-state index contributed by atoms with van der Waals surface area (Å²) >= 11 is 1.19. The van der Waals surface area contributed by atoms with E-state index >= 15 is 0 Å². The number of halogens is 3. The van der Waals surface area contributed by atoms with Crippen LogP contribution in [0.5, 0.6) is 0 Å². The number of aliphatic hydroxyl groups is 2. The summed E-state index contributed by atoms with van der Waals surface area (Å²) in [4.78, 5) is 3.02. The number of aliphatic hydroxyl groups excluding tert-OH is 2. The summed E-state index contributed by atoms with van der Waals surface area (Å²) in [5.41, 5.74) is 0.0800. The lowest BCUT2D eigenvalue weighted by atomic mass is 9.99. The minimum atomic E-state index is -4.58. The van der Waals surface area contributed by atoms with Gasteiger partial charge in [0.15, 0.2) is 0 Å². The molecule has 1 unspecified atom stereocenters. The number of likely N-dealkylation sites (tertiary alicyclic amines) is 1. The highest BCUT2D eigenvalue weighted by atomic mass is 32.1. The Balaban J connectivity index is 1.80. The van der Waals surface area contributed by atoms with Gasteiger partial charge >= 0.3 is 6.18 Å². The maximum absolute atomic E-state index is 12.8. The molecule has 0 bridgehead atoms. The first kappa shape index (κ1) is 18.4. The average molecular weight is 376 g/mol. The minimum Gasteiger partial charge on any atom is -0.396 e. The fraction of sp³-hybridized carbons (Fsp3) is 0.562. The van der Waals surface area contributed by atoms with E-state index in [2.05, 4.69) is 9.68 Å². The van der Waals surface area contributed by atoms with E-state index in [4.69, 9.17) is 0 Å². The van der Waals surface area contributed by atoms with Gasteiger partial charge in [0.05, 0.1) is 4.88 Å². The van der Waals surface area contributed by atoms with Crippen molar-refractivity contribution in [2.24, 2.45) is 5.92 Å². The van der Waals surface area contributed by atoms with Crippen molar-refractivity contribution >= 4 is 11.3 Å². The van der Waals surface area contributed by atoms with Gasteiger partial charge in [-0.05, 0) is 37.8 Å². The summed E-state index contributed by atoms with van der Waals surface area (Å²) in [6, 6.07) is 3.33. The molecule has 1 aliphatic heterocycles. The quantitative estimate of drug-likeness (QED) is 0.856. The third-order valence-corrected chi connectivity index (χ3v) is 5.58. The van der Waals surface area contributed by atoms with Gasteiger partial charge in [0, 0.05) is 30.1 Å². The summed E-state index contributed by atoms with van der Waals surface area (Å²) < 4.78 is 42.9. The van der Waals surface area contributed by atoms with Crippen molar-refractivity contribution in [1.82, 2.24) is 10.1 Å². The number of aromatic nitrogens is 1. The van der Waals surface area contributed by atoms with Gasteiger partial charge in [0.2, 0.25) is 5.76 Å². The Morgan fingerprint density at radius 2 is 2.20 bits per heavy atom. The molecule has 3 heterocycles. The largest absolute Gasteiger partial charge is 0.452 e. The van der Waals surface area contributed by atoms with Crippen molar-refractivity contribution in [3.8, 4) is 10.6 Å². The molecule has 0 amide bonds. The fourth-order valence-corrected chi connectivity index (χ4v) is 4.16. The number of thiophene rings is 1. The SMILES string of the molecule is Cc1c(-c2ccc(C(O)N3CCC[C@@H](CO)C3)s2)noc1C(F)(F)F. The van der Waals surface area contributed by atoms with E-state index in [1.807, 2.05) is 4.90 Å². The van der Waals surface area contributed by atoms with Crippen LogP contribution in [0.4, 0.5) is 13.2 Å². The third-order valence-electron chi connectivity index (χ3n) is 4.45. The molecule has 0 aliphatic carbocycles. The number of rotatable bonds is 4. The molecular formula is C16H19F3N2O3S. The minimum absolute atomic E-state index is 0.0614. The van der Waals surface area contributed by atoms with Crippen molar-refractivity contribution in [3.05, 3.63) is 28.3 Å². The molecule has 5 nitrogen and oxygen atoms in total. The molecule has 2 N–H and O–H groups in total. The summed E-state index contributed by atoms with van der Waals surface area (Å²) in [6.45, 7) is 2.70. The summed E-state index contributed by atoms with van der Waals surface area (Å²) in [5.74, 6) is -0.963. The molecule has 138 valence electrons. The van der Waals surface area contributed by atoms with E-state index in [1.165, 1.54) is 18.3 Å². The zero-order chi connectivity index (χ0) is 18.2. The molecule has 3 rings (SSSR count). The monoisotopic (exact) mass is 376 g/mol.